The summed E-state index contributed by atoms with van der Waals surface area (Å²) in [6, 6.07) is 6.95. The van der Waals surface area contributed by atoms with E-state index in [0.717, 1.165) is 38.8 Å². The molecule has 1 aromatic carbocycles. The van der Waals surface area contributed by atoms with Crippen LogP contribution in [0.25, 0.3) is 0 Å². The molecule has 0 radical (unpaired) electrons. The molecule has 124 valence electrons. The van der Waals surface area contributed by atoms with Gasteiger partial charge in [0.05, 0.1) is 0 Å². The Hall–Kier alpha value is -1.75. The minimum atomic E-state index is -0.226. The van der Waals surface area contributed by atoms with E-state index < -0.39 is 0 Å². The highest BCUT2D eigenvalue weighted by Crippen LogP contribution is 2.29. The predicted molar refractivity (Wildman–Crippen MR) is 90.5 cm³/mol. The van der Waals surface area contributed by atoms with Gasteiger partial charge >= 0.3 is 6.03 Å². The van der Waals surface area contributed by atoms with Crippen LogP contribution in [0.2, 0.25) is 5.02 Å². The molecule has 0 bridgehead atoms. The van der Waals surface area contributed by atoms with E-state index in [2.05, 4.69) is 10.6 Å². The molecule has 0 unspecified atom stereocenters. The maximum Gasteiger partial charge on any atom is 0.319 e. The first-order valence-corrected chi connectivity index (χ1v) is 8.61. The van der Waals surface area contributed by atoms with Gasteiger partial charge in [0.2, 0.25) is 5.91 Å². The fourth-order valence-corrected chi connectivity index (χ4v) is 3.27. The molecule has 6 heteroatoms. The van der Waals surface area contributed by atoms with E-state index in [0.29, 0.717) is 16.6 Å². The number of anilines is 1. The van der Waals surface area contributed by atoms with Crippen molar-refractivity contribution in [1.29, 1.82) is 0 Å². The minimum absolute atomic E-state index is 0.111. The number of rotatable bonds is 3. The first kappa shape index (κ1) is 16.1. The summed E-state index contributed by atoms with van der Waals surface area (Å²) in [5.41, 5.74) is 0.674. The van der Waals surface area contributed by atoms with Gasteiger partial charge in [-0.2, -0.15) is 0 Å². The summed E-state index contributed by atoms with van der Waals surface area (Å²) in [6.45, 7) is 1.47. The van der Waals surface area contributed by atoms with Gasteiger partial charge in [-0.3, -0.25) is 4.79 Å². The van der Waals surface area contributed by atoms with E-state index in [4.69, 9.17) is 11.6 Å². The third-order valence-corrected chi connectivity index (χ3v) is 4.91. The third kappa shape index (κ3) is 4.16. The SMILES string of the molecule is O=C(Nc1cccc(Cl)c1)NC1CCN(C(=O)C2CCC2)CC1. The number of hydrogen-bond acceptors (Lipinski definition) is 2. The fraction of sp³-hybridized carbons (Fsp3) is 0.529. The molecule has 1 saturated heterocycles. The number of carbonyl (C=O) groups excluding carboxylic acids is 2. The van der Waals surface area contributed by atoms with Crippen LogP contribution in [-0.4, -0.2) is 36.0 Å². The second kappa shape index (κ2) is 7.21. The zero-order chi connectivity index (χ0) is 16.2. The first-order chi connectivity index (χ1) is 11.1. The summed E-state index contributed by atoms with van der Waals surface area (Å²) in [7, 11) is 0. The third-order valence-electron chi connectivity index (χ3n) is 4.68. The van der Waals surface area contributed by atoms with Crippen LogP contribution in [0.1, 0.15) is 32.1 Å². The van der Waals surface area contributed by atoms with Crippen molar-refractivity contribution in [3.05, 3.63) is 29.3 Å². The van der Waals surface area contributed by atoms with Gasteiger partial charge in [0.1, 0.15) is 0 Å². The Morgan fingerprint density at radius 2 is 1.87 bits per heavy atom. The van der Waals surface area contributed by atoms with Gasteiger partial charge in [0, 0.05) is 35.8 Å². The van der Waals surface area contributed by atoms with Gasteiger partial charge in [-0.05, 0) is 43.9 Å². The molecule has 3 rings (SSSR count). The van der Waals surface area contributed by atoms with Crippen molar-refractivity contribution in [3.8, 4) is 0 Å². The standard InChI is InChI=1S/C17H22ClN3O2/c18-13-5-2-6-15(11-13)20-17(23)19-14-7-9-21(10-8-14)16(22)12-3-1-4-12/h2,5-6,11-12,14H,1,3-4,7-10H2,(H2,19,20,23). The normalized spacial score (nSPS) is 19.1. The van der Waals surface area contributed by atoms with Crippen molar-refractivity contribution in [3.63, 3.8) is 0 Å². The molecule has 1 aromatic rings. The van der Waals surface area contributed by atoms with Crippen LogP contribution in [0, 0.1) is 5.92 Å². The number of nitrogens with one attached hydrogen (secondary N) is 2. The van der Waals surface area contributed by atoms with Gasteiger partial charge in [0.25, 0.3) is 0 Å². The first-order valence-electron chi connectivity index (χ1n) is 8.24. The number of nitrogens with zero attached hydrogens (tertiary/aromatic N) is 1. The van der Waals surface area contributed by atoms with Crippen LogP contribution in [0.15, 0.2) is 24.3 Å². The average molecular weight is 336 g/mol. The van der Waals surface area contributed by atoms with E-state index in [1.54, 1.807) is 24.3 Å². The van der Waals surface area contributed by atoms with Crippen molar-refractivity contribution in [2.45, 2.75) is 38.1 Å². The summed E-state index contributed by atoms with van der Waals surface area (Å²) in [5.74, 6) is 0.559. The maximum atomic E-state index is 12.2. The number of urea groups is 1. The van der Waals surface area contributed by atoms with Crippen molar-refractivity contribution >= 4 is 29.2 Å². The second-order valence-corrected chi connectivity index (χ2v) is 6.77. The lowest BCUT2D eigenvalue weighted by molar-refractivity contribution is -0.139. The number of halogens is 1. The summed E-state index contributed by atoms with van der Waals surface area (Å²) in [4.78, 5) is 26.2. The second-order valence-electron chi connectivity index (χ2n) is 6.34. The van der Waals surface area contributed by atoms with Crippen molar-refractivity contribution in [2.24, 2.45) is 5.92 Å². The van der Waals surface area contributed by atoms with Gasteiger partial charge in [-0.15, -0.1) is 0 Å². The van der Waals surface area contributed by atoms with Crippen LogP contribution in [0.5, 0.6) is 0 Å². The molecule has 1 heterocycles. The topological polar surface area (TPSA) is 61.4 Å². The molecule has 1 aliphatic carbocycles. The summed E-state index contributed by atoms with van der Waals surface area (Å²) >= 11 is 5.90. The number of likely N-dealkylation sites (tertiary alicyclic amines) is 1. The highest BCUT2D eigenvalue weighted by Gasteiger charge is 2.31. The Balaban J connectivity index is 1.43. The molecule has 0 spiro atoms. The Bertz CT molecular complexity index is 581. The molecule has 1 aliphatic heterocycles. The molecule has 2 N–H and O–H groups in total. The van der Waals surface area contributed by atoms with E-state index in [1.807, 2.05) is 4.90 Å². The molecule has 0 aromatic heterocycles. The summed E-state index contributed by atoms with van der Waals surface area (Å²) in [6.07, 6.45) is 4.87. The zero-order valence-corrected chi connectivity index (χ0v) is 13.8. The minimum Gasteiger partial charge on any atom is -0.342 e. The number of benzene rings is 1. The van der Waals surface area contributed by atoms with Crippen molar-refractivity contribution < 1.29 is 9.59 Å². The van der Waals surface area contributed by atoms with Gasteiger partial charge in [-0.1, -0.05) is 24.1 Å². The molecule has 0 atom stereocenters. The van der Waals surface area contributed by atoms with Crippen LogP contribution < -0.4 is 10.6 Å². The Morgan fingerprint density at radius 1 is 1.13 bits per heavy atom. The zero-order valence-electron chi connectivity index (χ0n) is 13.1. The number of amides is 3. The van der Waals surface area contributed by atoms with Crippen molar-refractivity contribution in [1.82, 2.24) is 10.2 Å². The van der Waals surface area contributed by atoms with Gasteiger partial charge in [-0.25, -0.2) is 4.79 Å². The molecular weight excluding hydrogens is 314 g/mol. The van der Waals surface area contributed by atoms with Crippen LogP contribution >= 0.6 is 11.6 Å². The quantitative estimate of drug-likeness (QED) is 0.890. The molecule has 23 heavy (non-hydrogen) atoms. The van der Waals surface area contributed by atoms with E-state index >= 15 is 0 Å². The molecule has 2 aliphatic rings. The Labute approximate surface area is 141 Å². The predicted octanol–water partition coefficient (Wildman–Crippen LogP) is 3.25. The molecule has 2 fully saturated rings. The fourth-order valence-electron chi connectivity index (χ4n) is 3.08. The van der Waals surface area contributed by atoms with Gasteiger partial charge in [0.15, 0.2) is 0 Å². The highest BCUT2D eigenvalue weighted by molar-refractivity contribution is 6.30. The smallest absolute Gasteiger partial charge is 0.319 e. The van der Waals surface area contributed by atoms with E-state index in [1.165, 1.54) is 6.42 Å². The summed E-state index contributed by atoms with van der Waals surface area (Å²) < 4.78 is 0. The van der Waals surface area contributed by atoms with Gasteiger partial charge < -0.3 is 15.5 Å². The number of hydrogen-bond donors (Lipinski definition) is 2. The summed E-state index contributed by atoms with van der Waals surface area (Å²) in [5, 5.41) is 6.35. The van der Waals surface area contributed by atoms with E-state index in [9.17, 15) is 9.59 Å². The Kier molecular flexibility index (Phi) is 5.06. The van der Waals surface area contributed by atoms with Crippen LogP contribution in [0.4, 0.5) is 10.5 Å². The Morgan fingerprint density at radius 3 is 2.48 bits per heavy atom. The molecule has 5 nitrogen and oxygen atoms in total. The number of carbonyl (C=O) groups is 2. The monoisotopic (exact) mass is 335 g/mol. The highest BCUT2D eigenvalue weighted by atomic mass is 35.5. The lowest BCUT2D eigenvalue weighted by Gasteiger charge is -2.36. The lowest BCUT2D eigenvalue weighted by Crippen LogP contribution is -2.49. The lowest BCUT2D eigenvalue weighted by atomic mass is 9.84. The molecule has 1 saturated carbocycles. The van der Waals surface area contributed by atoms with E-state index in [-0.39, 0.29) is 18.0 Å². The van der Waals surface area contributed by atoms with Crippen molar-refractivity contribution in [2.75, 3.05) is 18.4 Å². The number of piperidine rings is 1. The molecular formula is C17H22ClN3O2. The maximum absolute atomic E-state index is 12.2. The van der Waals surface area contributed by atoms with Crippen LogP contribution in [0.3, 0.4) is 0 Å². The van der Waals surface area contributed by atoms with Crippen LogP contribution in [-0.2, 0) is 4.79 Å². The molecule has 3 amide bonds. The average Bonchev–Trinajstić information content (AvgIpc) is 2.46. The largest absolute Gasteiger partial charge is 0.342 e.